The van der Waals surface area contributed by atoms with Gasteiger partial charge in [0.1, 0.15) is 10.7 Å². The van der Waals surface area contributed by atoms with Crippen LogP contribution in [0.15, 0.2) is 71.4 Å². The maximum absolute atomic E-state index is 13.0. The van der Waals surface area contributed by atoms with Crippen molar-refractivity contribution in [1.29, 1.82) is 0 Å². The molecule has 1 aliphatic heterocycles. The van der Waals surface area contributed by atoms with Crippen molar-refractivity contribution in [3.63, 3.8) is 0 Å². The van der Waals surface area contributed by atoms with Gasteiger partial charge in [0.2, 0.25) is 0 Å². The van der Waals surface area contributed by atoms with E-state index in [2.05, 4.69) is 10.6 Å². The molecule has 1 aliphatic rings. The van der Waals surface area contributed by atoms with Gasteiger partial charge in [0.05, 0.1) is 16.4 Å². The van der Waals surface area contributed by atoms with Crippen LogP contribution >= 0.6 is 46.4 Å². The summed E-state index contributed by atoms with van der Waals surface area (Å²) in [7, 11) is 0. The summed E-state index contributed by atoms with van der Waals surface area (Å²) < 4.78 is 0. The Hall–Kier alpha value is -3.03. The number of hydrogen-bond acceptors (Lipinski definition) is 4. The predicted octanol–water partition coefficient (Wildman–Crippen LogP) is 6.64. The molecule has 0 saturated carbocycles. The third-order valence-corrected chi connectivity index (χ3v) is 6.17. The molecular formula is C24H15Cl4N3O3. The zero-order chi connectivity index (χ0) is 24.6. The molecule has 10 heteroatoms. The number of amides is 3. The van der Waals surface area contributed by atoms with E-state index < -0.39 is 17.7 Å². The van der Waals surface area contributed by atoms with Crippen molar-refractivity contribution in [1.82, 2.24) is 0 Å². The molecule has 0 spiro atoms. The molecule has 3 aromatic carbocycles. The van der Waals surface area contributed by atoms with Gasteiger partial charge in [0.15, 0.2) is 0 Å². The lowest BCUT2D eigenvalue weighted by atomic mass is 10.1. The van der Waals surface area contributed by atoms with Crippen LogP contribution in [0.2, 0.25) is 15.1 Å². The number of aryl methyl sites for hydroxylation is 1. The zero-order valence-electron chi connectivity index (χ0n) is 17.5. The Morgan fingerprint density at radius 1 is 0.824 bits per heavy atom. The summed E-state index contributed by atoms with van der Waals surface area (Å²) in [5.41, 5.74) is 2.02. The Balaban J connectivity index is 1.59. The first-order valence-corrected chi connectivity index (χ1v) is 11.3. The minimum absolute atomic E-state index is 0.104. The fraction of sp³-hybridized carbons (Fsp3) is 0.0417. The van der Waals surface area contributed by atoms with Gasteiger partial charge >= 0.3 is 0 Å². The molecular weight excluding hydrogens is 520 g/mol. The largest absolute Gasteiger partial charge is 0.349 e. The van der Waals surface area contributed by atoms with Gasteiger partial charge < -0.3 is 10.6 Å². The molecule has 3 aromatic rings. The smallest absolute Gasteiger partial charge is 0.283 e. The summed E-state index contributed by atoms with van der Waals surface area (Å²) in [5, 5.41) is 6.45. The Morgan fingerprint density at radius 2 is 1.56 bits per heavy atom. The van der Waals surface area contributed by atoms with Crippen molar-refractivity contribution in [2.75, 3.05) is 15.5 Å². The Labute approximate surface area is 215 Å². The van der Waals surface area contributed by atoms with Crippen LogP contribution in [-0.2, 0) is 9.59 Å². The highest BCUT2D eigenvalue weighted by atomic mass is 35.5. The van der Waals surface area contributed by atoms with Gasteiger partial charge in [-0.15, -0.1) is 0 Å². The molecule has 1 heterocycles. The van der Waals surface area contributed by atoms with Crippen LogP contribution in [-0.4, -0.2) is 17.7 Å². The van der Waals surface area contributed by atoms with Gasteiger partial charge in [-0.3, -0.25) is 14.4 Å². The van der Waals surface area contributed by atoms with Gasteiger partial charge in [0.25, 0.3) is 17.7 Å². The topological polar surface area (TPSA) is 78.5 Å². The third kappa shape index (κ3) is 4.76. The van der Waals surface area contributed by atoms with Gasteiger partial charge in [-0.25, -0.2) is 4.90 Å². The highest BCUT2D eigenvalue weighted by molar-refractivity contribution is 6.53. The highest BCUT2D eigenvalue weighted by Crippen LogP contribution is 2.32. The van der Waals surface area contributed by atoms with E-state index in [-0.39, 0.29) is 10.7 Å². The first kappa shape index (κ1) is 24.1. The van der Waals surface area contributed by atoms with Gasteiger partial charge in [0, 0.05) is 21.3 Å². The fourth-order valence-electron chi connectivity index (χ4n) is 3.28. The predicted molar refractivity (Wildman–Crippen MR) is 136 cm³/mol. The molecule has 0 bridgehead atoms. The number of nitrogens with zero attached hydrogens (tertiary/aromatic N) is 1. The second kappa shape index (κ2) is 9.68. The molecule has 2 N–H and O–H groups in total. The molecule has 0 fully saturated rings. The molecule has 0 radical (unpaired) electrons. The molecule has 6 nitrogen and oxygen atoms in total. The van der Waals surface area contributed by atoms with Crippen molar-refractivity contribution >= 4 is 81.2 Å². The number of nitrogens with one attached hydrogen (secondary N) is 2. The quantitative estimate of drug-likeness (QED) is 0.359. The van der Waals surface area contributed by atoms with E-state index in [1.165, 1.54) is 12.1 Å². The van der Waals surface area contributed by atoms with Gasteiger partial charge in [-0.2, -0.15) is 0 Å². The minimum atomic E-state index is -0.680. The molecule has 34 heavy (non-hydrogen) atoms. The van der Waals surface area contributed by atoms with Crippen molar-refractivity contribution in [3.8, 4) is 0 Å². The first-order chi connectivity index (χ1) is 16.2. The van der Waals surface area contributed by atoms with Crippen LogP contribution in [0.25, 0.3) is 0 Å². The summed E-state index contributed by atoms with van der Waals surface area (Å²) in [6.07, 6.45) is 0. The maximum Gasteiger partial charge on any atom is 0.283 e. The van der Waals surface area contributed by atoms with Crippen LogP contribution < -0.4 is 15.5 Å². The van der Waals surface area contributed by atoms with Crippen LogP contribution in [0.5, 0.6) is 0 Å². The molecule has 3 amide bonds. The standard InChI is InChI=1S/C24H15Cl4N3O3/c1-12-5-6-13(22(32)30-18-8-7-15(26)11-17(18)27)9-19(12)29-21-20(28)23(33)31(24(21)34)16-4-2-3-14(25)10-16/h2-11,29H,1H3,(H,30,32). The molecule has 4 rings (SSSR count). The lowest BCUT2D eigenvalue weighted by Crippen LogP contribution is -2.32. The summed E-state index contributed by atoms with van der Waals surface area (Å²) in [6, 6.07) is 15.9. The molecule has 0 aliphatic carbocycles. The van der Waals surface area contributed by atoms with E-state index in [1.807, 2.05) is 0 Å². The van der Waals surface area contributed by atoms with E-state index in [0.29, 0.717) is 37.7 Å². The number of imide groups is 1. The molecule has 0 saturated heterocycles. The summed E-state index contributed by atoms with van der Waals surface area (Å²) in [5.74, 6) is -1.75. The monoisotopic (exact) mass is 533 g/mol. The number of halogens is 4. The van der Waals surface area contributed by atoms with E-state index in [9.17, 15) is 14.4 Å². The maximum atomic E-state index is 13.0. The molecule has 0 aromatic heterocycles. The third-order valence-electron chi connectivity index (χ3n) is 5.03. The Kier molecular flexibility index (Phi) is 6.86. The number of carbonyl (C=O) groups excluding carboxylic acids is 3. The normalized spacial score (nSPS) is 13.5. The van der Waals surface area contributed by atoms with Crippen LogP contribution in [0, 0.1) is 6.92 Å². The van der Waals surface area contributed by atoms with Crippen LogP contribution in [0.4, 0.5) is 17.1 Å². The molecule has 0 atom stereocenters. The molecule has 172 valence electrons. The lowest BCUT2D eigenvalue weighted by Gasteiger charge is -2.16. The SMILES string of the molecule is Cc1ccc(C(=O)Nc2ccc(Cl)cc2Cl)cc1NC1=C(Cl)C(=O)N(c2cccc(Cl)c2)C1=O. The van der Waals surface area contributed by atoms with Crippen molar-refractivity contribution in [2.24, 2.45) is 0 Å². The average molecular weight is 535 g/mol. The van der Waals surface area contributed by atoms with E-state index in [0.717, 1.165) is 10.5 Å². The second-order valence-electron chi connectivity index (χ2n) is 7.35. The van der Waals surface area contributed by atoms with Crippen molar-refractivity contribution < 1.29 is 14.4 Å². The van der Waals surface area contributed by atoms with Gasteiger partial charge in [-0.1, -0.05) is 58.5 Å². The lowest BCUT2D eigenvalue weighted by molar-refractivity contribution is -0.120. The fourth-order valence-corrected chi connectivity index (χ4v) is 4.13. The number of anilines is 3. The number of rotatable bonds is 5. The summed E-state index contributed by atoms with van der Waals surface area (Å²) >= 11 is 24.3. The van der Waals surface area contributed by atoms with E-state index in [4.69, 9.17) is 46.4 Å². The zero-order valence-corrected chi connectivity index (χ0v) is 20.5. The second-order valence-corrected chi connectivity index (χ2v) is 9.01. The van der Waals surface area contributed by atoms with Gasteiger partial charge in [-0.05, 0) is 61.0 Å². The average Bonchev–Trinajstić information content (AvgIpc) is 3.00. The Bertz CT molecular complexity index is 1390. The van der Waals surface area contributed by atoms with E-state index >= 15 is 0 Å². The first-order valence-electron chi connectivity index (χ1n) is 9.84. The summed E-state index contributed by atoms with van der Waals surface area (Å²) in [4.78, 5) is 39.5. The molecule has 0 unspecified atom stereocenters. The minimum Gasteiger partial charge on any atom is -0.349 e. The van der Waals surface area contributed by atoms with Crippen LogP contribution in [0.3, 0.4) is 0 Å². The number of carbonyl (C=O) groups is 3. The van der Waals surface area contributed by atoms with Crippen molar-refractivity contribution in [2.45, 2.75) is 6.92 Å². The summed E-state index contributed by atoms with van der Waals surface area (Å²) in [6.45, 7) is 1.78. The number of benzene rings is 3. The van der Waals surface area contributed by atoms with Crippen LogP contribution in [0.1, 0.15) is 15.9 Å². The van der Waals surface area contributed by atoms with Crippen molar-refractivity contribution in [3.05, 3.63) is 97.6 Å². The van der Waals surface area contributed by atoms with E-state index in [1.54, 1.807) is 55.5 Å². The number of hydrogen-bond donors (Lipinski definition) is 2. The Morgan fingerprint density at radius 3 is 2.26 bits per heavy atom. The highest BCUT2D eigenvalue weighted by Gasteiger charge is 2.39.